The molecule has 0 aromatic rings. The van der Waals surface area contributed by atoms with Gasteiger partial charge in [-0.2, -0.15) is 0 Å². The Morgan fingerprint density at radius 2 is 1.91 bits per heavy atom. The van der Waals surface area contributed by atoms with E-state index in [1.165, 1.54) is 0 Å². The van der Waals surface area contributed by atoms with E-state index >= 15 is 0 Å². The van der Waals surface area contributed by atoms with Crippen LogP contribution in [0.3, 0.4) is 0 Å². The highest BCUT2D eigenvalue weighted by Crippen LogP contribution is 2.17. The van der Waals surface area contributed by atoms with Crippen molar-refractivity contribution in [1.29, 1.82) is 0 Å². The Kier molecular flexibility index (Phi) is 7.53. The maximum Gasteiger partial charge on any atom is 0.407 e. The molecular weight excluding hydrogens is 334 g/mol. The minimum atomic E-state index is -3.60. The zero-order valence-corrected chi connectivity index (χ0v) is 14.1. The van der Waals surface area contributed by atoms with Crippen LogP contribution in [0.15, 0.2) is 0 Å². The van der Waals surface area contributed by atoms with Gasteiger partial charge in [0.2, 0.25) is 10.0 Å². The lowest BCUT2D eigenvalue weighted by Gasteiger charge is -2.12. The molecule has 11 heteroatoms. The van der Waals surface area contributed by atoms with Crippen molar-refractivity contribution in [3.63, 3.8) is 0 Å². The number of sulfonamides is 1. The highest BCUT2D eigenvalue weighted by molar-refractivity contribution is 7.95. The molecule has 0 spiro atoms. The molecule has 0 radical (unpaired) electrons. The average molecular weight is 357 g/mol. The summed E-state index contributed by atoms with van der Waals surface area (Å²) in [7, 11) is -6.82. The molecule has 1 heterocycles. The number of carbonyl (C=O) groups is 1. The summed E-state index contributed by atoms with van der Waals surface area (Å²) in [5.41, 5.74) is 0. The van der Waals surface area contributed by atoms with Gasteiger partial charge in [-0.25, -0.2) is 26.4 Å². The third-order valence-electron chi connectivity index (χ3n) is 3.08. The molecule has 0 aromatic heterocycles. The normalized spacial score (nSPS) is 20.7. The molecule has 0 aliphatic carbocycles. The average Bonchev–Trinajstić information content (AvgIpc) is 2.79. The monoisotopic (exact) mass is 357 g/mol. The second-order valence-corrected chi connectivity index (χ2v) is 9.14. The fourth-order valence-corrected chi connectivity index (χ4v) is 6.05. The van der Waals surface area contributed by atoms with E-state index in [0.717, 1.165) is 0 Å². The van der Waals surface area contributed by atoms with Crippen LogP contribution in [0.2, 0.25) is 0 Å². The van der Waals surface area contributed by atoms with Crippen LogP contribution >= 0.6 is 0 Å². The number of hydrogen-bond acceptors (Lipinski definition) is 7. The van der Waals surface area contributed by atoms with Crippen LogP contribution < -0.4 is 15.4 Å². The number of carbonyl (C=O) groups excluding carboxylic acids is 1. The number of amides is 1. The van der Waals surface area contributed by atoms with Gasteiger partial charge in [-0.3, -0.25) is 0 Å². The molecule has 1 rings (SSSR count). The van der Waals surface area contributed by atoms with E-state index in [-0.39, 0.29) is 24.5 Å². The molecule has 1 aliphatic rings. The Hall–Kier alpha value is -0.910. The molecule has 0 unspecified atom stereocenters. The van der Waals surface area contributed by atoms with Gasteiger partial charge in [0.1, 0.15) is 0 Å². The maximum absolute atomic E-state index is 11.9. The van der Waals surface area contributed by atoms with Crippen molar-refractivity contribution in [2.24, 2.45) is 0 Å². The van der Waals surface area contributed by atoms with Crippen molar-refractivity contribution >= 4 is 26.0 Å². The zero-order valence-electron chi connectivity index (χ0n) is 12.5. The quantitative estimate of drug-likeness (QED) is 0.425. The van der Waals surface area contributed by atoms with Crippen molar-refractivity contribution in [3.05, 3.63) is 0 Å². The van der Waals surface area contributed by atoms with Crippen molar-refractivity contribution in [2.75, 3.05) is 44.3 Å². The molecule has 9 nitrogen and oxygen atoms in total. The van der Waals surface area contributed by atoms with E-state index in [1.807, 2.05) is 0 Å². The number of nitrogens with one attached hydrogen (secondary N) is 3. The first-order chi connectivity index (χ1) is 10.3. The molecule has 1 atom stereocenters. The Morgan fingerprint density at radius 3 is 2.50 bits per heavy atom. The number of hydrogen-bond donors (Lipinski definition) is 3. The summed E-state index contributed by atoms with van der Waals surface area (Å²) in [5, 5.41) is 4.60. The van der Waals surface area contributed by atoms with E-state index in [9.17, 15) is 21.6 Å². The summed E-state index contributed by atoms with van der Waals surface area (Å²) in [6, 6.07) is 0. The van der Waals surface area contributed by atoms with E-state index in [0.29, 0.717) is 26.2 Å². The Balaban J connectivity index is 2.13. The van der Waals surface area contributed by atoms with Crippen molar-refractivity contribution in [3.8, 4) is 0 Å². The molecule has 1 fully saturated rings. The van der Waals surface area contributed by atoms with Crippen LogP contribution in [0.1, 0.15) is 13.3 Å². The Bertz CT molecular complexity index is 560. The predicted molar refractivity (Wildman–Crippen MR) is 81.9 cm³/mol. The first kappa shape index (κ1) is 19.1. The second kappa shape index (κ2) is 8.65. The molecular formula is C11H23N3O6S2. The highest BCUT2D eigenvalue weighted by atomic mass is 32.2. The Labute approximate surface area is 131 Å². The first-order valence-corrected chi connectivity index (χ1v) is 10.4. The first-order valence-electron chi connectivity index (χ1n) is 7.07. The fraction of sp³-hybridized carbons (Fsp3) is 0.909. The molecule has 0 bridgehead atoms. The van der Waals surface area contributed by atoms with Crippen LogP contribution in [-0.4, -0.2) is 72.5 Å². The minimum Gasteiger partial charge on any atom is -0.450 e. The van der Waals surface area contributed by atoms with Crippen LogP contribution in [0.4, 0.5) is 4.79 Å². The summed E-state index contributed by atoms with van der Waals surface area (Å²) in [6.45, 7) is 3.39. The van der Waals surface area contributed by atoms with Gasteiger partial charge < -0.3 is 15.4 Å². The van der Waals surface area contributed by atoms with Gasteiger partial charge in [0, 0.05) is 26.2 Å². The van der Waals surface area contributed by atoms with E-state index in [1.54, 1.807) is 6.92 Å². The summed E-state index contributed by atoms with van der Waals surface area (Å²) < 4.78 is 53.4. The SMILES string of the molecule is CCOC(=O)NCCNCCNS(=O)(=O)[C@H]1CCS(=O)(=O)C1. The number of sulfone groups is 1. The molecule has 3 N–H and O–H groups in total. The lowest BCUT2D eigenvalue weighted by molar-refractivity contribution is 0.152. The van der Waals surface area contributed by atoms with Crippen molar-refractivity contribution in [1.82, 2.24) is 15.4 Å². The smallest absolute Gasteiger partial charge is 0.407 e. The summed E-state index contributed by atoms with van der Waals surface area (Å²) in [4.78, 5) is 11.0. The standard InChI is InChI=1S/C11H23N3O6S2/c1-2-20-11(15)13-6-4-12-5-7-14-22(18,19)10-3-8-21(16,17)9-10/h10,12,14H,2-9H2,1H3,(H,13,15)/t10-/m0/s1. The van der Waals surface area contributed by atoms with Crippen LogP contribution in [0.5, 0.6) is 0 Å². The molecule has 1 saturated heterocycles. The van der Waals surface area contributed by atoms with Gasteiger partial charge in [0.05, 0.1) is 23.4 Å². The lowest BCUT2D eigenvalue weighted by atomic mass is 10.4. The maximum atomic E-state index is 11.9. The van der Waals surface area contributed by atoms with Crippen LogP contribution in [-0.2, 0) is 24.6 Å². The molecule has 130 valence electrons. The molecule has 22 heavy (non-hydrogen) atoms. The fourth-order valence-electron chi connectivity index (χ4n) is 1.97. The van der Waals surface area contributed by atoms with Gasteiger partial charge in [-0.05, 0) is 13.3 Å². The van der Waals surface area contributed by atoms with Crippen molar-refractivity contribution < 1.29 is 26.4 Å². The second-order valence-electron chi connectivity index (χ2n) is 4.86. The predicted octanol–water partition coefficient (Wildman–Crippen LogP) is -1.57. The summed E-state index contributed by atoms with van der Waals surface area (Å²) in [6.07, 6.45) is -0.346. The van der Waals surface area contributed by atoms with Gasteiger partial charge in [0.15, 0.2) is 9.84 Å². The third-order valence-corrected chi connectivity index (χ3v) is 6.95. The third kappa shape index (κ3) is 6.90. The minimum absolute atomic E-state index is 0.0731. The van der Waals surface area contributed by atoms with E-state index in [4.69, 9.17) is 0 Å². The molecule has 0 aromatic carbocycles. The van der Waals surface area contributed by atoms with E-state index in [2.05, 4.69) is 20.1 Å². The lowest BCUT2D eigenvalue weighted by Crippen LogP contribution is -2.40. The number of alkyl carbamates (subject to hydrolysis) is 1. The number of ether oxygens (including phenoxy) is 1. The van der Waals surface area contributed by atoms with Gasteiger partial charge in [0.25, 0.3) is 0 Å². The molecule has 1 amide bonds. The Morgan fingerprint density at radius 1 is 1.23 bits per heavy atom. The zero-order chi connectivity index (χ0) is 16.6. The van der Waals surface area contributed by atoms with Crippen molar-refractivity contribution in [2.45, 2.75) is 18.6 Å². The van der Waals surface area contributed by atoms with Crippen LogP contribution in [0, 0.1) is 0 Å². The van der Waals surface area contributed by atoms with Gasteiger partial charge in [-0.15, -0.1) is 0 Å². The largest absolute Gasteiger partial charge is 0.450 e. The van der Waals surface area contributed by atoms with Crippen LogP contribution in [0.25, 0.3) is 0 Å². The number of rotatable bonds is 9. The van der Waals surface area contributed by atoms with Gasteiger partial charge in [-0.1, -0.05) is 0 Å². The highest BCUT2D eigenvalue weighted by Gasteiger charge is 2.36. The summed E-state index contributed by atoms with van der Waals surface area (Å²) >= 11 is 0. The molecule has 1 aliphatic heterocycles. The van der Waals surface area contributed by atoms with E-state index < -0.39 is 31.2 Å². The summed E-state index contributed by atoms with van der Waals surface area (Å²) in [5.74, 6) is -0.379. The van der Waals surface area contributed by atoms with Gasteiger partial charge >= 0.3 is 6.09 Å². The molecule has 0 saturated carbocycles. The topological polar surface area (TPSA) is 131 Å².